The Morgan fingerprint density at radius 2 is 1.92 bits per heavy atom. The quantitative estimate of drug-likeness (QED) is 0.770. The SMILES string of the molecule is COc1ccc(OC)c(C=CC(=O)N2CCCN2C(=O)c2ccoc2)c1. The number of carbonyl (C=O) groups is 2. The molecule has 0 saturated carbocycles. The maximum absolute atomic E-state index is 12.6. The summed E-state index contributed by atoms with van der Waals surface area (Å²) in [5.74, 6) is 0.764. The van der Waals surface area contributed by atoms with Crippen molar-refractivity contribution in [2.75, 3.05) is 27.3 Å². The van der Waals surface area contributed by atoms with Crippen molar-refractivity contribution in [1.29, 1.82) is 0 Å². The van der Waals surface area contributed by atoms with Crippen LogP contribution in [0.3, 0.4) is 0 Å². The van der Waals surface area contributed by atoms with Crippen molar-refractivity contribution < 1.29 is 23.5 Å². The zero-order valence-corrected chi connectivity index (χ0v) is 14.7. The van der Waals surface area contributed by atoms with Crippen LogP contribution in [0, 0.1) is 0 Å². The van der Waals surface area contributed by atoms with Crippen molar-refractivity contribution in [3.63, 3.8) is 0 Å². The smallest absolute Gasteiger partial charge is 0.275 e. The van der Waals surface area contributed by atoms with Gasteiger partial charge >= 0.3 is 0 Å². The topological polar surface area (TPSA) is 72.2 Å². The third-order valence-corrected chi connectivity index (χ3v) is 4.13. The van der Waals surface area contributed by atoms with Gasteiger partial charge in [-0.2, -0.15) is 0 Å². The van der Waals surface area contributed by atoms with Gasteiger partial charge in [0.25, 0.3) is 11.8 Å². The molecular weight excluding hydrogens is 336 g/mol. The van der Waals surface area contributed by atoms with E-state index in [0.29, 0.717) is 35.7 Å². The van der Waals surface area contributed by atoms with Gasteiger partial charge in [-0.15, -0.1) is 0 Å². The molecule has 1 fully saturated rings. The van der Waals surface area contributed by atoms with Gasteiger partial charge in [0.1, 0.15) is 17.8 Å². The van der Waals surface area contributed by atoms with Gasteiger partial charge in [-0.05, 0) is 36.8 Å². The summed E-state index contributed by atoms with van der Waals surface area (Å²) in [6.07, 6.45) is 6.62. The number of furan rings is 1. The lowest BCUT2D eigenvalue weighted by atomic mass is 10.1. The number of rotatable bonds is 5. The molecule has 3 rings (SSSR count). The van der Waals surface area contributed by atoms with E-state index >= 15 is 0 Å². The number of methoxy groups -OCH3 is 2. The molecule has 0 N–H and O–H groups in total. The molecule has 0 bridgehead atoms. The van der Waals surface area contributed by atoms with E-state index in [1.165, 1.54) is 28.6 Å². The number of hydrazine groups is 1. The van der Waals surface area contributed by atoms with Crippen molar-refractivity contribution in [3.05, 3.63) is 54.0 Å². The normalized spacial score (nSPS) is 14.1. The third kappa shape index (κ3) is 3.56. The van der Waals surface area contributed by atoms with Crippen molar-refractivity contribution in [2.24, 2.45) is 0 Å². The van der Waals surface area contributed by atoms with Crippen LogP contribution in [0.5, 0.6) is 11.5 Å². The first kappa shape index (κ1) is 17.6. The summed E-state index contributed by atoms with van der Waals surface area (Å²) in [4.78, 5) is 25.1. The fourth-order valence-corrected chi connectivity index (χ4v) is 2.80. The largest absolute Gasteiger partial charge is 0.497 e. The van der Waals surface area contributed by atoms with Gasteiger partial charge in [-0.25, -0.2) is 10.0 Å². The number of carbonyl (C=O) groups excluding carboxylic acids is 2. The molecule has 136 valence electrons. The molecule has 1 aromatic carbocycles. The molecule has 0 radical (unpaired) electrons. The number of hydrogen-bond donors (Lipinski definition) is 0. The van der Waals surface area contributed by atoms with Crippen molar-refractivity contribution >= 4 is 17.9 Å². The van der Waals surface area contributed by atoms with Crippen LogP contribution in [0.2, 0.25) is 0 Å². The molecule has 7 nitrogen and oxygen atoms in total. The van der Waals surface area contributed by atoms with E-state index in [1.54, 1.807) is 44.6 Å². The predicted octanol–water partition coefficient (Wildman–Crippen LogP) is 2.60. The number of benzene rings is 1. The van der Waals surface area contributed by atoms with Gasteiger partial charge in [-0.1, -0.05) is 0 Å². The lowest BCUT2D eigenvalue weighted by Crippen LogP contribution is -2.44. The second-order valence-corrected chi connectivity index (χ2v) is 5.70. The standard InChI is InChI=1S/C19H20N2O5/c1-24-16-5-6-17(25-2)14(12-16)4-7-18(22)20-9-3-10-21(20)19(23)15-8-11-26-13-15/h4-8,11-13H,3,9-10H2,1-2H3. The molecule has 26 heavy (non-hydrogen) atoms. The summed E-state index contributed by atoms with van der Waals surface area (Å²) in [5, 5.41) is 2.89. The predicted molar refractivity (Wildman–Crippen MR) is 94.7 cm³/mol. The lowest BCUT2D eigenvalue weighted by molar-refractivity contribution is -0.134. The van der Waals surface area contributed by atoms with Crippen LogP contribution in [0.15, 0.2) is 47.3 Å². The Balaban J connectivity index is 1.77. The van der Waals surface area contributed by atoms with Gasteiger partial charge < -0.3 is 13.9 Å². The van der Waals surface area contributed by atoms with Gasteiger partial charge in [-0.3, -0.25) is 9.59 Å². The van der Waals surface area contributed by atoms with E-state index in [0.717, 1.165) is 6.42 Å². The van der Waals surface area contributed by atoms with Gasteiger partial charge in [0.2, 0.25) is 0 Å². The first-order chi connectivity index (χ1) is 12.6. The maximum Gasteiger partial charge on any atom is 0.275 e. The van der Waals surface area contributed by atoms with Crippen LogP contribution in [-0.2, 0) is 4.79 Å². The Hall–Kier alpha value is -3.22. The Kier molecular flexibility index (Phi) is 5.26. The average molecular weight is 356 g/mol. The molecule has 0 spiro atoms. The third-order valence-electron chi connectivity index (χ3n) is 4.13. The van der Waals surface area contributed by atoms with E-state index in [1.807, 2.05) is 0 Å². The zero-order valence-electron chi connectivity index (χ0n) is 14.7. The van der Waals surface area contributed by atoms with Crippen LogP contribution in [-0.4, -0.2) is 49.1 Å². The van der Waals surface area contributed by atoms with E-state index in [2.05, 4.69) is 0 Å². The summed E-state index contributed by atoms with van der Waals surface area (Å²) in [5.41, 5.74) is 1.13. The van der Waals surface area contributed by atoms with Crippen molar-refractivity contribution in [1.82, 2.24) is 10.0 Å². The molecular formula is C19H20N2O5. The minimum Gasteiger partial charge on any atom is -0.497 e. The van der Waals surface area contributed by atoms with Gasteiger partial charge in [0.15, 0.2) is 0 Å². The van der Waals surface area contributed by atoms with E-state index in [4.69, 9.17) is 13.9 Å². The summed E-state index contributed by atoms with van der Waals surface area (Å²) in [7, 11) is 3.14. The number of nitrogens with zero attached hydrogens (tertiary/aromatic N) is 2. The van der Waals surface area contributed by atoms with Crippen LogP contribution >= 0.6 is 0 Å². The Morgan fingerprint density at radius 1 is 1.12 bits per heavy atom. The summed E-state index contributed by atoms with van der Waals surface area (Å²) in [6.45, 7) is 0.980. The van der Waals surface area contributed by atoms with Crippen LogP contribution in [0.25, 0.3) is 6.08 Å². The lowest BCUT2D eigenvalue weighted by Gasteiger charge is -2.26. The first-order valence-electron chi connectivity index (χ1n) is 8.19. The van der Waals surface area contributed by atoms with Crippen LogP contribution in [0.4, 0.5) is 0 Å². The molecule has 0 atom stereocenters. The minimum absolute atomic E-state index is 0.253. The monoisotopic (exact) mass is 356 g/mol. The second kappa shape index (κ2) is 7.77. The summed E-state index contributed by atoms with van der Waals surface area (Å²) >= 11 is 0. The number of hydrogen-bond acceptors (Lipinski definition) is 5. The molecule has 1 saturated heterocycles. The van der Waals surface area contributed by atoms with E-state index in [-0.39, 0.29) is 11.8 Å². The molecule has 7 heteroatoms. The van der Waals surface area contributed by atoms with Crippen LogP contribution in [0.1, 0.15) is 22.3 Å². The van der Waals surface area contributed by atoms with Crippen molar-refractivity contribution in [3.8, 4) is 11.5 Å². The summed E-state index contributed by atoms with van der Waals surface area (Å²) < 4.78 is 15.5. The number of amides is 2. The van der Waals surface area contributed by atoms with E-state index < -0.39 is 0 Å². The van der Waals surface area contributed by atoms with Crippen LogP contribution < -0.4 is 9.47 Å². The second-order valence-electron chi connectivity index (χ2n) is 5.70. The average Bonchev–Trinajstić information content (AvgIpc) is 3.37. The molecule has 0 unspecified atom stereocenters. The molecule has 0 aliphatic carbocycles. The molecule has 1 aromatic heterocycles. The Bertz CT molecular complexity index is 813. The van der Waals surface area contributed by atoms with Crippen molar-refractivity contribution in [2.45, 2.75) is 6.42 Å². The minimum atomic E-state index is -0.274. The zero-order chi connectivity index (χ0) is 18.5. The molecule has 1 aliphatic heterocycles. The first-order valence-corrected chi connectivity index (χ1v) is 8.19. The van der Waals surface area contributed by atoms with Gasteiger partial charge in [0.05, 0.1) is 26.0 Å². The fourth-order valence-electron chi connectivity index (χ4n) is 2.80. The van der Waals surface area contributed by atoms with E-state index in [9.17, 15) is 9.59 Å². The Labute approximate surface area is 151 Å². The highest BCUT2D eigenvalue weighted by Gasteiger charge is 2.30. The molecule has 2 aromatic rings. The molecule has 2 amide bonds. The molecule has 2 heterocycles. The highest BCUT2D eigenvalue weighted by molar-refractivity contribution is 5.98. The highest BCUT2D eigenvalue weighted by Crippen LogP contribution is 2.25. The maximum atomic E-state index is 12.6. The number of ether oxygens (including phenoxy) is 2. The fraction of sp³-hybridized carbons (Fsp3) is 0.263. The van der Waals surface area contributed by atoms with Gasteiger partial charge in [0, 0.05) is 24.7 Å². The molecule has 1 aliphatic rings. The Morgan fingerprint density at radius 3 is 2.62 bits per heavy atom. The highest BCUT2D eigenvalue weighted by atomic mass is 16.5. The summed E-state index contributed by atoms with van der Waals surface area (Å²) in [6, 6.07) is 6.92.